The molecule has 0 aliphatic rings. The van der Waals surface area contributed by atoms with E-state index in [4.69, 9.17) is 0 Å². The van der Waals surface area contributed by atoms with Gasteiger partial charge < -0.3 is 10.6 Å². The van der Waals surface area contributed by atoms with Gasteiger partial charge in [0.2, 0.25) is 5.91 Å². The molecule has 1 heterocycles. The van der Waals surface area contributed by atoms with Crippen molar-refractivity contribution in [3.63, 3.8) is 0 Å². The first kappa shape index (κ1) is 20.1. The molecular formula is C19H14F4N4O2. The van der Waals surface area contributed by atoms with Gasteiger partial charge in [-0.05, 0) is 30.3 Å². The molecule has 0 saturated heterocycles. The summed E-state index contributed by atoms with van der Waals surface area (Å²) in [6, 6.07) is 10.8. The Labute approximate surface area is 162 Å². The van der Waals surface area contributed by atoms with Crippen molar-refractivity contribution in [3.05, 3.63) is 71.8 Å². The lowest BCUT2D eigenvalue weighted by Crippen LogP contribution is -2.21. The second-order valence-electron chi connectivity index (χ2n) is 5.98. The van der Waals surface area contributed by atoms with Crippen LogP contribution in [0.25, 0.3) is 5.69 Å². The fraction of sp³-hybridized carbons (Fsp3) is 0.105. The van der Waals surface area contributed by atoms with E-state index < -0.39 is 35.1 Å². The van der Waals surface area contributed by atoms with Gasteiger partial charge in [-0.2, -0.15) is 18.3 Å². The lowest BCUT2D eigenvalue weighted by atomic mass is 10.2. The normalized spacial score (nSPS) is 11.2. The van der Waals surface area contributed by atoms with Gasteiger partial charge in [0.25, 0.3) is 5.91 Å². The highest BCUT2D eigenvalue weighted by Crippen LogP contribution is 2.34. The maximum Gasteiger partial charge on any atom is 0.434 e. The van der Waals surface area contributed by atoms with Gasteiger partial charge in [0.1, 0.15) is 5.82 Å². The average molecular weight is 406 g/mol. The van der Waals surface area contributed by atoms with E-state index >= 15 is 0 Å². The minimum atomic E-state index is -4.86. The molecule has 10 heteroatoms. The third-order valence-electron chi connectivity index (χ3n) is 3.82. The third kappa shape index (κ3) is 4.42. The highest BCUT2D eigenvalue weighted by atomic mass is 19.4. The molecular weight excluding hydrogens is 392 g/mol. The predicted octanol–water partition coefficient (Wildman–Crippen LogP) is 4.24. The monoisotopic (exact) mass is 406 g/mol. The molecule has 0 spiro atoms. The number of hydrogen-bond acceptors (Lipinski definition) is 3. The van der Waals surface area contributed by atoms with Gasteiger partial charge in [-0.15, -0.1) is 0 Å². The Balaban J connectivity index is 1.96. The summed E-state index contributed by atoms with van der Waals surface area (Å²) in [6.07, 6.45) is -4.05. The van der Waals surface area contributed by atoms with E-state index in [1.165, 1.54) is 12.1 Å². The van der Waals surface area contributed by atoms with E-state index in [0.29, 0.717) is 4.68 Å². The number of rotatable bonds is 4. The zero-order valence-corrected chi connectivity index (χ0v) is 14.9. The number of aromatic nitrogens is 2. The number of nitrogens with one attached hydrogen (secondary N) is 2. The van der Waals surface area contributed by atoms with Crippen LogP contribution in [0.3, 0.4) is 0 Å². The predicted molar refractivity (Wildman–Crippen MR) is 97.2 cm³/mol. The van der Waals surface area contributed by atoms with E-state index in [-0.39, 0.29) is 17.1 Å². The Kier molecular flexibility index (Phi) is 5.35. The van der Waals surface area contributed by atoms with E-state index in [1.54, 1.807) is 18.2 Å². The van der Waals surface area contributed by atoms with Crippen molar-refractivity contribution in [1.82, 2.24) is 9.78 Å². The number of hydrogen-bond donors (Lipinski definition) is 2. The first-order chi connectivity index (χ1) is 13.7. The lowest BCUT2D eigenvalue weighted by molar-refractivity contribution is -0.143. The number of halogens is 4. The minimum absolute atomic E-state index is 0.000681. The molecule has 0 aliphatic carbocycles. The molecule has 0 radical (unpaired) electrons. The second-order valence-corrected chi connectivity index (χ2v) is 5.98. The van der Waals surface area contributed by atoms with Crippen molar-refractivity contribution < 1.29 is 27.2 Å². The summed E-state index contributed by atoms with van der Waals surface area (Å²) >= 11 is 0. The number of amides is 2. The molecule has 3 rings (SSSR count). The molecule has 1 aromatic heterocycles. The number of anilines is 2. The van der Waals surface area contributed by atoms with Crippen LogP contribution in [0.15, 0.2) is 54.7 Å². The largest absolute Gasteiger partial charge is 0.434 e. The molecule has 0 unspecified atom stereocenters. The third-order valence-corrected chi connectivity index (χ3v) is 3.82. The topological polar surface area (TPSA) is 76.0 Å². The SMILES string of the molecule is CC(=O)Nc1cc(NC(=O)c2cnn(-c3ccccc3)c2C(F)(F)F)ccc1F. The Morgan fingerprint density at radius 2 is 1.72 bits per heavy atom. The van der Waals surface area contributed by atoms with Gasteiger partial charge in [-0.25, -0.2) is 9.07 Å². The summed E-state index contributed by atoms with van der Waals surface area (Å²) in [4.78, 5) is 23.6. The quantitative estimate of drug-likeness (QED) is 0.637. The molecule has 0 fully saturated rings. The number of carbonyl (C=O) groups excluding carboxylic acids is 2. The summed E-state index contributed by atoms with van der Waals surface area (Å²) in [5, 5.41) is 8.20. The molecule has 0 atom stereocenters. The van der Waals surface area contributed by atoms with Crippen molar-refractivity contribution in [3.8, 4) is 5.69 Å². The molecule has 2 aromatic carbocycles. The van der Waals surface area contributed by atoms with Gasteiger partial charge in [0.15, 0.2) is 5.69 Å². The van der Waals surface area contributed by atoms with Gasteiger partial charge in [-0.3, -0.25) is 9.59 Å². The van der Waals surface area contributed by atoms with Gasteiger partial charge in [-0.1, -0.05) is 18.2 Å². The van der Waals surface area contributed by atoms with Crippen LogP contribution < -0.4 is 10.6 Å². The molecule has 2 N–H and O–H groups in total. The molecule has 3 aromatic rings. The van der Waals surface area contributed by atoms with Crippen LogP contribution in [0.4, 0.5) is 28.9 Å². The molecule has 6 nitrogen and oxygen atoms in total. The molecule has 0 bridgehead atoms. The zero-order chi connectivity index (χ0) is 21.2. The highest BCUT2D eigenvalue weighted by Gasteiger charge is 2.40. The van der Waals surface area contributed by atoms with E-state index in [0.717, 1.165) is 31.3 Å². The van der Waals surface area contributed by atoms with Crippen molar-refractivity contribution in [2.45, 2.75) is 13.1 Å². The van der Waals surface area contributed by atoms with Crippen LogP contribution in [0.5, 0.6) is 0 Å². The van der Waals surface area contributed by atoms with Crippen molar-refractivity contribution in [2.24, 2.45) is 0 Å². The Morgan fingerprint density at radius 3 is 2.34 bits per heavy atom. The summed E-state index contributed by atoms with van der Waals surface area (Å²) < 4.78 is 55.3. The van der Waals surface area contributed by atoms with Crippen LogP contribution in [0.1, 0.15) is 23.0 Å². The molecule has 150 valence electrons. The molecule has 2 amide bonds. The van der Waals surface area contributed by atoms with Crippen LogP contribution in [0.2, 0.25) is 0 Å². The number of nitrogens with zero attached hydrogens (tertiary/aromatic N) is 2. The maximum atomic E-state index is 13.7. The number of para-hydroxylation sites is 1. The molecule has 0 saturated carbocycles. The van der Waals surface area contributed by atoms with Gasteiger partial charge in [0, 0.05) is 12.6 Å². The van der Waals surface area contributed by atoms with Crippen LogP contribution >= 0.6 is 0 Å². The molecule has 29 heavy (non-hydrogen) atoms. The van der Waals surface area contributed by atoms with Crippen molar-refractivity contribution >= 4 is 23.2 Å². The van der Waals surface area contributed by atoms with Crippen molar-refractivity contribution in [2.75, 3.05) is 10.6 Å². The lowest BCUT2D eigenvalue weighted by Gasteiger charge is -2.13. The Morgan fingerprint density at radius 1 is 1.03 bits per heavy atom. The summed E-state index contributed by atoms with van der Waals surface area (Å²) in [5.41, 5.74) is -2.03. The van der Waals surface area contributed by atoms with Gasteiger partial charge >= 0.3 is 6.18 Å². The first-order valence-electron chi connectivity index (χ1n) is 8.26. The Bertz CT molecular complexity index is 1060. The fourth-order valence-electron chi connectivity index (χ4n) is 2.64. The maximum absolute atomic E-state index is 13.7. The Hall–Kier alpha value is -3.69. The van der Waals surface area contributed by atoms with Crippen molar-refractivity contribution in [1.29, 1.82) is 0 Å². The van der Waals surface area contributed by atoms with Crippen LogP contribution in [-0.4, -0.2) is 21.6 Å². The highest BCUT2D eigenvalue weighted by molar-refractivity contribution is 6.05. The smallest absolute Gasteiger partial charge is 0.324 e. The first-order valence-corrected chi connectivity index (χ1v) is 8.26. The standard InChI is InChI=1S/C19H14F4N4O2/c1-11(28)25-16-9-12(7-8-15(16)20)26-18(29)14-10-24-27(17(14)19(21,22)23)13-5-3-2-4-6-13/h2-10H,1H3,(H,25,28)(H,26,29). The summed E-state index contributed by atoms with van der Waals surface area (Å²) in [5.74, 6) is -2.39. The van der Waals surface area contributed by atoms with Gasteiger partial charge in [0.05, 0.1) is 23.1 Å². The summed E-state index contributed by atoms with van der Waals surface area (Å²) in [7, 11) is 0. The summed E-state index contributed by atoms with van der Waals surface area (Å²) in [6.45, 7) is 1.16. The van der Waals surface area contributed by atoms with Crippen LogP contribution in [0, 0.1) is 5.82 Å². The number of carbonyl (C=O) groups is 2. The second kappa shape index (κ2) is 7.74. The van der Waals surface area contributed by atoms with E-state index in [1.807, 2.05) is 0 Å². The van der Waals surface area contributed by atoms with Crippen LogP contribution in [-0.2, 0) is 11.0 Å². The average Bonchev–Trinajstić information content (AvgIpc) is 3.10. The minimum Gasteiger partial charge on any atom is -0.324 e. The molecule has 0 aliphatic heterocycles. The number of benzene rings is 2. The zero-order valence-electron chi connectivity index (χ0n) is 14.9. The van der Waals surface area contributed by atoms with E-state index in [2.05, 4.69) is 15.7 Å². The van der Waals surface area contributed by atoms with E-state index in [9.17, 15) is 27.2 Å². The number of alkyl halides is 3. The fourth-order valence-corrected chi connectivity index (χ4v) is 2.64.